The molecule has 0 bridgehead atoms. The maximum absolute atomic E-state index is 12.0. The van der Waals surface area contributed by atoms with Crippen LogP contribution in [0.15, 0.2) is 41.9 Å². The summed E-state index contributed by atoms with van der Waals surface area (Å²) in [5, 5.41) is 0. The van der Waals surface area contributed by atoms with E-state index < -0.39 is 0 Å². The lowest BCUT2D eigenvalue weighted by Gasteiger charge is -2.21. The molecule has 4 heteroatoms. The minimum absolute atomic E-state index is 0.0690. The van der Waals surface area contributed by atoms with E-state index in [1.807, 2.05) is 31.2 Å². The molecule has 0 fully saturated rings. The van der Waals surface area contributed by atoms with Crippen LogP contribution in [-0.2, 0) is 16.0 Å². The van der Waals surface area contributed by atoms with Gasteiger partial charge in [-0.15, -0.1) is 0 Å². The number of rotatable bonds is 4. The van der Waals surface area contributed by atoms with Crippen LogP contribution in [0.25, 0.3) is 0 Å². The minimum Gasteiger partial charge on any atom is -0.360 e. The number of para-hydroxylation sites is 1. The number of benzene rings is 1. The second kappa shape index (κ2) is 5.80. The van der Waals surface area contributed by atoms with Crippen LogP contribution in [0.3, 0.4) is 0 Å². The molecular weight excluding hydrogens is 240 g/mol. The topological polar surface area (TPSA) is 41.9 Å². The number of amides is 1. The highest BCUT2D eigenvalue weighted by molar-refractivity contribution is 6.06. The van der Waals surface area contributed by atoms with Crippen LogP contribution in [0.4, 0.5) is 5.69 Å². The van der Waals surface area contributed by atoms with Crippen molar-refractivity contribution < 1.29 is 9.53 Å². The number of carbonyl (C=O) groups excluding carboxylic acids is 1. The van der Waals surface area contributed by atoms with Gasteiger partial charge in [-0.3, -0.25) is 14.7 Å². The molecular formula is C15H18N2O2. The average Bonchev–Trinajstić information content (AvgIpc) is 2.82. The zero-order chi connectivity index (χ0) is 13.8. The number of nitrogens with zero attached hydrogens (tertiary/aromatic N) is 2. The third-order valence-corrected chi connectivity index (χ3v) is 3.23. The second-order valence-corrected chi connectivity index (χ2v) is 4.45. The lowest BCUT2D eigenvalue weighted by molar-refractivity contribution is -0.114. The van der Waals surface area contributed by atoms with Crippen LogP contribution in [0.1, 0.15) is 12.5 Å². The van der Waals surface area contributed by atoms with Gasteiger partial charge in [-0.1, -0.05) is 24.8 Å². The molecule has 0 spiro atoms. The number of hydrogen-bond acceptors (Lipinski definition) is 3. The van der Waals surface area contributed by atoms with E-state index in [0.717, 1.165) is 17.7 Å². The fourth-order valence-electron chi connectivity index (χ4n) is 2.19. The van der Waals surface area contributed by atoms with Crippen molar-refractivity contribution in [2.45, 2.75) is 25.6 Å². The van der Waals surface area contributed by atoms with Crippen molar-refractivity contribution >= 4 is 17.8 Å². The number of ether oxygens (including phenoxy) is 1. The molecule has 2 rings (SSSR count). The lowest BCUT2D eigenvalue weighted by Crippen LogP contribution is -2.37. The molecule has 1 heterocycles. The third kappa shape index (κ3) is 2.74. The van der Waals surface area contributed by atoms with E-state index in [1.54, 1.807) is 18.2 Å². The summed E-state index contributed by atoms with van der Waals surface area (Å²) >= 11 is 0. The first-order valence-corrected chi connectivity index (χ1v) is 6.27. The van der Waals surface area contributed by atoms with Crippen molar-refractivity contribution in [2.75, 3.05) is 12.0 Å². The zero-order valence-corrected chi connectivity index (χ0v) is 11.2. The summed E-state index contributed by atoms with van der Waals surface area (Å²) in [6.07, 6.45) is 3.69. The highest BCUT2D eigenvalue weighted by Gasteiger charge is 2.31. The Morgan fingerprint density at radius 1 is 1.58 bits per heavy atom. The van der Waals surface area contributed by atoms with Gasteiger partial charge >= 0.3 is 0 Å². The van der Waals surface area contributed by atoms with Gasteiger partial charge in [-0.25, -0.2) is 0 Å². The first kappa shape index (κ1) is 13.5. The van der Waals surface area contributed by atoms with E-state index in [1.165, 1.54) is 6.08 Å². The summed E-state index contributed by atoms with van der Waals surface area (Å²) in [6.45, 7) is 5.42. The van der Waals surface area contributed by atoms with E-state index >= 15 is 0 Å². The predicted molar refractivity (Wildman–Crippen MR) is 76.6 cm³/mol. The highest BCUT2D eigenvalue weighted by atomic mass is 16.5. The molecule has 0 aliphatic carbocycles. The molecule has 0 saturated heterocycles. The summed E-state index contributed by atoms with van der Waals surface area (Å²) < 4.78 is 5.09. The molecule has 0 N–H and O–H groups in total. The van der Waals surface area contributed by atoms with Crippen LogP contribution >= 0.6 is 0 Å². The molecule has 1 unspecified atom stereocenters. The molecule has 100 valence electrons. The largest absolute Gasteiger partial charge is 0.360 e. The van der Waals surface area contributed by atoms with Gasteiger partial charge in [0.25, 0.3) is 5.91 Å². The molecule has 1 aromatic rings. The van der Waals surface area contributed by atoms with Crippen molar-refractivity contribution in [3.05, 3.63) is 42.5 Å². The molecule has 1 aromatic carbocycles. The molecule has 1 aliphatic rings. The quantitative estimate of drug-likeness (QED) is 0.613. The minimum atomic E-state index is -0.204. The number of carbonyl (C=O) groups is 1. The normalized spacial score (nSPS) is 19.5. The van der Waals surface area contributed by atoms with Gasteiger partial charge in [-0.2, -0.15) is 0 Å². The Balaban J connectivity index is 2.28. The molecule has 0 saturated carbocycles. The Hall–Kier alpha value is -1.94. The van der Waals surface area contributed by atoms with Crippen LogP contribution in [0.2, 0.25) is 0 Å². The number of methoxy groups -OCH3 is 1. The van der Waals surface area contributed by atoms with Gasteiger partial charge in [0.05, 0.1) is 6.04 Å². The maximum Gasteiger partial charge on any atom is 0.251 e. The second-order valence-electron chi connectivity index (χ2n) is 4.45. The van der Waals surface area contributed by atoms with Crippen molar-refractivity contribution in [1.29, 1.82) is 0 Å². The van der Waals surface area contributed by atoms with Crippen LogP contribution in [-0.4, -0.2) is 31.5 Å². The van der Waals surface area contributed by atoms with Gasteiger partial charge in [0.2, 0.25) is 0 Å². The smallest absolute Gasteiger partial charge is 0.251 e. The summed E-state index contributed by atoms with van der Waals surface area (Å²) in [5.41, 5.74) is 2.09. The molecule has 0 aromatic heterocycles. The molecule has 19 heavy (non-hydrogen) atoms. The van der Waals surface area contributed by atoms with E-state index in [0.29, 0.717) is 0 Å². The third-order valence-electron chi connectivity index (χ3n) is 3.23. The SMILES string of the molecule is C=CC(=O)N1c2ccccc2C[C@H]1C=NC(C)OC. The fraction of sp³-hybridized carbons (Fsp3) is 0.333. The molecule has 1 amide bonds. The average molecular weight is 258 g/mol. The zero-order valence-electron chi connectivity index (χ0n) is 11.2. The summed E-state index contributed by atoms with van der Waals surface area (Å²) in [6, 6.07) is 7.82. The standard InChI is InChI=1S/C15H18N2O2/c1-4-15(18)17-13(10-16-11(2)19-3)9-12-7-5-6-8-14(12)17/h4-8,10-11,13H,1,9H2,2-3H3/t11?,13-/m0/s1. The monoisotopic (exact) mass is 258 g/mol. The number of hydrogen-bond donors (Lipinski definition) is 0. The van der Waals surface area contributed by atoms with Gasteiger partial charge in [0, 0.05) is 25.4 Å². The maximum atomic E-state index is 12.0. The first-order chi connectivity index (χ1) is 9.17. The van der Waals surface area contributed by atoms with Crippen molar-refractivity contribution in [1.82, 2.24) is 0 Å². The lowest BCUT2D eigenvalue weighted by atomic mass is 10.1. The Kier molecular flexibility index (Phi) is 4.12. The molecule has 4 nitrogen and oxygen atoms in total. The van der Waals surface area contributed by atoms with Crippen molar-refractivity contribution in [3.8, 4) is 0 Å². The summed E-state index contributed by atoms with van der Waals surface area (Å²) in [7, 11) is 1.61. The summed E-state index contributed by atoms with van der Waals surface area (Å²) in [4.78, 5) is 18.0. The number of fused-ring (bicyclic) bond motifs is 1. The number of aliphatic imine (C=N–C) groups is 1. The molecule has 2 atom stereocenters. The first-order valence-electron chi connectivity index (χ1n) is 6.27. The Bertz CT molecular complexity index is 511. The van der Waals surface area contributed by atoms with Gasteiger partial charge in [0.1, 0.15) is 6.23 Å². The van der Waals surface area contributed by atoms with Crippen molar-refractivity contribution in [3.63, 3.8) is 0 Å². The van der Waals surface area contributed by atoms with Crippen LogP contribution in [0, 0.1) is 0 Å². The van der Waals surface area contributed by atoms with Crippen LogP contribution < -0.4 is 4.90 Å². The fourth-order valence-corrected chi connectivity index (χ4v) is 2.19. The van der Waals surface area contributed by atoms with E-state index in [4.69, 9.17) is 4.74 Å². The highest BCUT2D eigenvalue weighted by Crippen LogP contribution is 2.31. The predicted octanol–water partition coefficient (Wildman–Crippen LogP) is 2.19. The van der Waals surface area contributed by atoms with E-state index in [2.05, 4.69) is 11.6 Å². The summed E-state index contributed by atoms with van der Waals surface area (Å²) in [5.74, 6) is -0.105. The van der Waals surface area contributed by atoms with Crippen LogP contribution in [0.5, 0.6) is 0 Å². The van der Waals surface area contributed by atoms with E-state index in [-0.39, 0.29) is 18.2 Å². The molecule has 1 aliphatic heterocycles. The molecule has 0 radical (unpaired) electrons. The Morgan fingerprint density at radius 2 is 2.32 bits per heavy atom. The van der Waals surface area contributed by atoms with Crippen molar-refractivity contribution in [2.24, 2.45) is 4.99 Å². The number of anilines is 1. The van der Waals surface area contributed by atoms with E-state index in [9.17, 15) is 4.79 Å². The van der Waals surface area contributed by atoms with Gasteiger partial charge in [0.15, 0.2) is 0 Å². The van der Waals surface area contributed by atoms with Gasteiger partial charge in [-0.05, 0) is 24.6 Å². The van der Waals surface area contributed by atoms with Gasteiger partial charge < -0.3 is 4.74 Å². The Labute approximate surface area is 113 Å². The Morgan fingerprint density at radius 3 is 3.00 bits per heavy atom.